The van der Waals surface area contributed by atoms with E-state index in [-0.39, 0.29) is 5.41 Å². The summed E-state index contributed by atoms with van der Waals surface area (Å²) in [4.78, 5) is 10.3. The van der Waals surface area contributed by atoms with Crippen LogP contribution < -0.4 is 5.32 Å². The van der Waals surface area contributed by atoms with Gasteiger partial charge in [-0.15, -0.1) is 0 Å². The van der Waals surface area contributed by atoms with Crippen molar-refractivity contribution >= 4 is 21.9 Å². The van der Waals surface area contributed by atoms with Crippen molar-refractivity contribution in [1.82, 2.24) is 5.32 Å². The van der Waals surface area contributed by atoms with Crippen molar-refractivity contribution < 1.29 is 9.90 Å². The molecule has 0 aliphatic carbocycles. The molecule has 2 N–H and O–H groups in total. The van der Waals surface area contributed by atoms with Gasteiger partial charge in [0, 0.05) is 29.1 Å². The van der Waals surface area contributed by atoms with E-state index < -0.39 is 5.97 Å². The molecule has 0 radical (unpaired) electrons. The fourth-order valence-electron chi connectivity index (χ4n) is 1.64. The second-order valence-electron chi connectivity index (χ2n) is 4.77. The Bertz CT molecular complexity index is 441. The van der Waals surface area contributed by atoms with Crippen molar-refractivity contribution in [2.45, 2.75) is 19.3 Å². The Morgan fingerprint density at radius 2 is 2.22 bits per heavy atom. The van der Waals surface area contributed by atoms with Gasteiger partial charge in [0.2, 0.25) is 0 Å². The minimum Gasteiger partial charge on any atom is -0.478 e. The van der Waals surface area contributed by atoms with Crippen molar-refractivity contribution in [3.8, 4) is 0 Å². The molecule has 0 fully saturated rings. The van der Waals surface area contributed by atoms with Crippen LogP contribution in [0.4, 0.5) is 0 Å². The normalized spacial score (nSPS) is 11.9. The third kappa shape index (κ3) is 5.02. The molecule has 0 unspecified atom stereocenters. The summed E-state index contributed by atoms with van der Waals surface area (Å²) < 4.78 is 1.07. The Morgan fingerprint density at radius 1 is 1.50 bits per heavy atom. The minimum atomic E-state index is -0.914. The topological polar surface area (TPSA) is 49.3 Å². The first-order valence-corrected chi connectivity index (χ1v) is 6.57. The van der Waals surface area contributed by atoms with Gasteiger partial charge in [0.1, 0.15) is 0 Å². The van der Waals surface area contributed by atoms with Crippen molar-refractivity contribution in [2.24, 2.45) is 0 Å². The highest BCUT2D eigenvalue weighted by molar-refractivity contribution is 9.10. The highest BCUT2D eigenvalue weighted by atomic mass is 79.9. The second kappa shape index (κ2) is 6.71. The van der Waals surface area contributed by atoms with Crippen LogP contribution in [0.5, 0.6) is 0 Å². The number of aliphatic carboxylic acids is 1. The maximum absolute atomic E-state index is 10.3. The molecular formula is C14H18BrNO2. The Labute approximate surface area is 116 Å². The van der Waals surface area contributed by atoms with E-state index >= 15 is 0 Å². The Morgan fingerprint density at radius 3 is 2.83 bits per heavy atom. The lowest BCUT2D eigenvalue weighted by Crippen LogP contribution is -2.33. The van der Waals surface area contributed by atoms with E-state index in [1.807, 2.05) is 12.1 Å². The van der Waals surface area contributed by atoms with Crippen molar-refractivity contribution in [2.75, 3.05) is 13.1 Å². The molecule has 0 spiro atoms. The van der Waals surface area contributed by atoms with Gasteiger partial charge < -0.3 is 10.4 Å². The van der Waals surface area contributed by atoms with Gasteiger partial charge in [0.15, 0.2) is 0 Å². The van der Waals surface area contributed by atoms with Gasteiger partial charge in [-0.2, -0.15) is 0 Å². The first kappa shape index (κ1) is 14.9. The molecule has 0 heterocycles. The molecule has 3 nitrogen and oxygen atoms in total. The maximum Gasteiger partial charge on any atom is 0.328 e. The van der Waals surface area contributed by atoms with Gasteiger partial charge in [0.05, 0.1) is 0 Å². The molecule has 18 heavy (non-hydrogen) atoms. The Hall–Kier alpha value is -1.13. The summed E-state index contributed by atoms with van der Waals surface area (Å²) in [5, 5.41) is 11.7. The number of rotatable bonds is 6. The molecule has 0 aliphatic rings. The lowest BCUT2D eigenvalue weighted by molar-refractivity contribution is -0.131. The SMILES string of the molecule is CC(C)(CNC/C=C/C(=O)O)c1cccc(Br)c1. The molecule has 0 amide bonds. The standard InChI is InChI=1S/C14H18BrNO2/c1-14(2,10-16-8-4-7-13(17)18)11-5-3-6-12(15)9-11/h3-7,9,16H,8,10H2,1-2H3,(H,17,18)/b7-4+. The van der Waals surface area contributed by atoms with E-state index in [9.17, 15) is 4.79 Å². The monoisotopic (exact) mass is 311 g/mol. The summed E-state index contributed by atoms with van der Waals surface area (Å²) in [6, 6.07) is 8.22. The fraction of sp³-hybridized carbons (Fsp3) is 0.357. The van der Waals surface area contributed by atoms with Crippen LogP contribution in [0.3, 0.4) is 0 Å². The zero-order valence-corrected chi connectivity index (χ0v) is 12.2. The fourth-order valence-corrected chi connectivity index (χ4v) is 2.04. The number of carboxylic acids is 1. The van der Waals surface area contributed by atoms with E-state index in [0.717, 1.165) is 17.1 Å². The van der Waals surface area contributed by atoms with E-state index in [1.54, 1.807) is 6.08 Å². The van der Waals surface area contributed by atoms with Gasteiger partial charge in [-0.3, -0.25) is 0 Å². The van der Waals surface area contributed by atoms with E-state index in [1.165, 1.54) is 5.56 Å². The predicted octanol–water partition coefficient (Wildman–Crippen LogP) is 2.96. The van der Waals surface area contributed by atoms with Crippen LogP contribution in [0.15, 0.2) is 40.9 Å². The van der Waals surface area contributed by atoms with Gasteiger partial charge in [-0.1, -0.05) is 48.0 Å². The smallest absolute Gasteiger partial charge is 0.328 e. The Kier molecular flexibility index (Phi) is 5.56. The van der Waals surface area contributed by atoms with Crippen molar-refractivity contribution in [3.63, 3.8) is 0 Å². The Balaban J connectivity index is 2.52. The lowest BCUT2D eigenvalue weighted by Gasteiger charge is -2.25. The summed E-state index contributed by atoms with van der Waals surface area (Å²) in [6.07, 6.45) is 2.76. The molecule has 4 heteroatoms. The first-order valence-electron chi connectivity index (χ1n) is 5.78. The van der Waals surface area contributed by atoms with Gasteiger partial charge >= 0.3 is 5.97 Å². The summed E-state index contributed by atoms with van der Waals surface area (Å²) in [5.74, 6) is -0.914. The highest BCUT2D eigenvalue weighted by Crippen LogP contribution is 2.24. The third-order valence-electron chi connectivity index (χ3n) is 2.70. The molecule has 0 atom stereocenters. The molecule has 0 saturated heterocycles. The third-order valence-corrected chi connectivity index (χ3v) is 3.19. The largest absolute Gasteiger partial charge is 0.478 e. The van der Waals surface area contributed by atoms with Gasteiger partial charge in [0.25, 0.3) is 0 Å². The van der Waals surface area contributed by atoms with E-state index in [0.29, 0.717) is 6.54 Å². The highest BCUT2D eigenvalue weighted by Gasteiger charge is 2.19. The molecule has 0 bridgehead atoms. The van der Waals surface area contributed by atoms with E-state index in [2.05, 4.69) is 47.2 Å². The molecule has 0 aliphatic heterocycles. The van der Waals surface area contributed by atoms with Crippen LogP contribution in [0.1, 0.15) is 19.4 Å². The van der Waals surface area contributed by atoms with Crippen LogP contribution in [0.2, 0.25) is 0 Å². The zero-order chi connectivity index (χ0) is 13.6. The van der Waals surface area contributed by atoms with Crippen LogP contribution in [0.25, 0.3) is 0 Å². The number of nitrogens with one attached hydrogen (secondary N) is 1. The number of benzene rings is 1. The maximum atomic E-state index is 10.3. The summed E-state index contributed by atoms with van der Waals surface area (Å²) >= 11 is 3.47. The average Bonchev–Trinajstić information content (AvgIpc) is 2.28. The number of hydrogen-bond donors (Lipinski definition) is 2. The molecule has 0 saturated carbocycles. The predicted molar refractivity (Wildman–Crippen MR) is 76.8 cm³/mol. The molecule has 1 aromatic rings. The number of carboxylic acid groups (broad SMARTS) is 1. The molecule has 0 aromatic heterocycles. The molecule has 1 aromatic carbocycles. The van der Waals surface area contributed by atoms with Crippen LogP contribution in [-0.4, -0.2) is 24.2 Å². The number of halogens is 1. The lowest BCUT2D eigenvalue weighted by atomic mass is 9.84. The molecular weight excluding hydrogens is 294 g/mol. The number of hydrogen-bond acceptors (Lipinski definition) is 2. The van der Waals surface area contributed by atoms with Crippen LogP contribution >= 0.6 is 15.9 Å². The van der Waals surface area contributed by atoms with Crippen LogP contribution in [-0.2, 0) is 10.2 Å². The average molecular weight is 312 g/mol. The minimum absolute atomic E-state index is 0.000837. The molecule has 1 rings (SSSR count). The summed E-state index contributed by atoms with van der Waals surface area (Å²) in [7, 11) is 0. The second-order valence-corrected chi connectivity index (χ2v) is 5.68. The van der Waals surface area contributed by atoms with E-state index in [4.69, 9.17) is 5.11 Å². The molecule has 98 valence electrons. The van der Waals surface area contributed by atoms with Crippen molar-refractivity contribution in [1.29, 1.82) is 0 Å². The van der Waals surface area contributed by atoms with Crippen molar-refractivity contribution in [3.05, 3.63) is 46.5 Å². The van der Waals surface area contributed by atoms with Gasteiger partial charge in [-0.05, 0) is 17.7 Å². The number of carbonyl (C=O) groups is 1. The zero-order valence-electron chi connectivity index (χ0n) is 10.6. The van der Waals surface area contributed by atoms with Gasteiger partial charge in [-0.25, -0.2) is 4.79 Å². The summed E-state index contributed by atoms with van der Waals surface area (Å²) in [5.41, 5.74) is 1.24. The first-order chi connectivity index (χ1) is 8.42. The summed E-state index contributed by atoms with van der Waals surface area (Å²) in [6.45, 7) is 5.66. The van der Waals surface area contributed by atoms with Crippen LogP contribution in [0, 0.1) is 0 Å². The quantitative estimate of drug-likeness (QED) is 0.627.